The van der Waals surface area contributed by atoms with Crippen LogP contribution >= 0.6 is 0 Å². The predicted octanol–water partition coefficient (Wildman–Crippen LogP) is 2.28. The molecule has 6 unspecified atom stereocenters. The van der Waals surface area contributed by atoms with Crippen LogP contribution < -0.4 is 0 Å². The predicted molar refractivity (Wildman–Crippen MR) is 124 cm³/mol. The number of allylic oxidation sites excluding steroid dienone is 1. The van der Waals surface area contributed by atoms with Gasteiger partial charge in [0, 0.05) is 30.3 Å². The largest absolute Gasteiger partial charge is 0.393 e. The molecule has 0 bridgehead atoms. The van der Waals surface area contributed by atoms with E-state index < -0.39 is 17.1 Å². The van der Waals surface area contributed by atoms with E-state index in [1.807, 2.05) is 21.1 Å². The number of hydrogen-bond acceptors (Lipinski definition) is 6. The second kappa shape index (κ2) is 8.30. The molecule has 4 aliphatic rings. The van der Waals surface area contributed by atoms with E-state index in [1.54, 1.807) is 6.08 Å². The van der Waals surface area contributed by atoms with Crippen molar-refractivity contribution in [2.24, 2.45) is 28.6 Å². The van der Waals surface area contributed by atoms with Crippen molar-refractivity contribution in [3.63, 3.8) is 0 Å². The fraction of sp³-hybridized carbons (Fsp3) is 0.846. The van der Waals surface area contributed by atoms with Crippen molar-refractivity contribution >= 4 is 11.6 Å². The van der Waals surface area contributed by atoms with Crippen molar-refractivity contribution in [2.75, 3.05) is 40.8 Å². The van der Waals surface area contributed by atoms with Crippen LogP contribution in [0.5, 0.6) is 0 Å². The van der Waals surface area contributed by atoms with Crippen LogP contribution in [-0.2, 0) is 9.59 Å². The molecule has 0 aliphatic heterocycles. The van der Waals surface area contributed by atoms with Crippen molar-refractivity contribution in [3.8, 4) is 0 Å². The summed E-state index contributed by atoms with van der Waals surface area (Å²) >= 11 is 0. The summed E-state index contributed by atoms with van der Waals surface area (Å²) in [5.41, 5.74) is -0.918. The third kappa shape index (κ3) is 3.62. The van der Waals surface area contributed by atoms with Crippen LogP contribution in [0.15, 0.2) is 11.6 Å². The number of fused-ring (bicyclic) bond motifs is 5. The molecule has 0 aromatic carbocycles. The summed E-state index contributed by atoms with van der Waals surface area (Å²) in [6.07, 6.45) is 6.35. The summed E-state index contributed by atoms with van der Waals surface area (Å²) < 4.78 is 0. The van der Waals surface area contributed by atoms with Crippen LogP contribution in [0.4, 0.5) is 0 Å². The van der Waals surface area contributed by atoms with Gasteiger partial charge in [-0.3, -0.25) is 14.5 Å². The second-order valence-electron chi connectivity index (χ2n) is 12.0. The third-order valence-corrected chi connectivity index (χ3v) is 9.81. The Kier molecular flexibility index (Phi) is 6.24. The maximum absolute atomic E-state index is 13.4. The Balaban J connectivity index is 1.58. The van der Waals surface area contributed by atoms with Gasteiger partial charge in [0.05, 0.1) is 18.2 Å². The maximum atomic E-state index is 13.4. The van der Waals surface area contributed by atoms with E-state index in [0.29, 0.717) is 25.8 Å². The molecule has 6 nitrogen and oxygen atoms in total. The average Bonchev–Trinajstić information content (AvgIpc) is 3.00. The highest BCUT2D eigenvalue weighted by Gasteiger charge is 2.66. The zero-order chi connectivity index (χ0) is 23.5. The number of aliphatic hydroxyl groups is 2. The van der Waals surface area contributed by atoms with Crippen LogP contribution in [0, 0.1) is 28.6 Å². The molecule has 2 N–H and O–H groups in total. The summed E-state index contributed by atoms with van der Waals surface area (Å²) in [6, 6.07) is 0. The van der Waals surface area contributed by atoms with E-state index in [0.717, 1.165) is 44.3 Å². The van der Waals surface area contributed by atoms with Gasteiger partial charge < -0.3 is 15.1 Å². The van der Waals surface area contributed by atoms with Gasteiger partial charge in [0.1, 0.15) is 0 Å². The van der Waals surface area contributed by atoms with E-state index in [-0.39, 0.29) is 34.7 Å². The Bertz CT molecular complexity index is 810. The van der Waals surface area contributed by atoms with Gasteiger partial charge in [-0.25, -0.2) is 0 Å². The van der Waals surface area contributed by atoms with Crippen LogP contribution in [-0.4, -0.2) is 84.1 Å². The first-order chi connectivity index (χ1) is 14.9. The Morgan fingerprint density at radius 3 is 2.47 bits per heavy atom. The first-order valence-electron chi connectivity index (χ1n) is 12.4. The molecule has 4 aliphatic carbocycles. The number of rotatable bonds is 6. The number of Topliss-reactive ketones (excluding diaryl/α,β-unsaturated/α-hetero) is 1. The Morgan fingerprint density at radius 2 is 1.78 bits per heavy atom. The van der Waals surface area contributed by atoms with Gasteiger partial charge in [-0.2, -0.15) is 0 Å². The molecule has 0 heterocycles. The molecule has 0 aromatic rings. The minimum atomic E-state index is -1.09. The number of nitrogens with zero attached hydrogens (tertiary/aromatic N) is 2. The van der Waals surface area contributed by atoms with Crippen LogP contribution in [0.25, 0.3) is 0 Å². The number of likely N-dealkylation sites (N-methyl/N-ethyl adjacent to an activating group) is 2. The number of ketones is 2. The zero-order valence-electron chi connectivity index (χ0n) is 20.6. The zero-order valence-corrected chi connectivity index (χ0v) is 20.6. The second-order valence-corrected chi connectivity index (χ2v) is 12.0. The molecule has 0 aromatic heterocycles. The number of aliphatic hydroxyl groups excluding tert-OH is 1. The lowest BCUT2D eigenvalue weighted by molar-refractivity contribution is -0.144. The summed E-state index contributed by atoms with van der Waals surface area (Å²) in [5.74, 6) is 0.110. The van der Waals surface area contributed by atoms with Crippen LogP contribution in [0.3, 0.4) is 0 Å². The third-order valence-electron chi connectivity index (χ3n) is 9.81. The number of hydrogen-bond donors (Lipinski definition) is 2. The fourth-order valence-corrected chi connectivity index (χ4v) is 7.66. The normalized spacial score (nSPS) is 43.7. The molecule has 32 heavy (non-hydrogen) atoms. The van der Waals surface area contributed by atoms with Crippen molar-refractivity contribution in [1.29, 1.82) is 0 Å². The highest BCUT2D eigenvalue weighted by atomic mass is 16.3. The maximum Gasteiger partial charge on any atom is 0.159 e. The lowest BCUT2D eigenvalue weighted by Gasteiger charge is -2.59. The monoisotopic (exact) mass is 446 g/mol. The summed E-state index contributed by atoms with van der Waals surface area (Å²) in [4.78, 5) is 30.7. The Labute approximate surface area is 193 Å². The van der Waals surface area contributed by atoms with Crippen molar-refractivity contribution in [1.82, 2.24) is 9.80 Å². The van der Waals surface area contributed by atoms with E-state index in [9.17, 15) is 19.8 Å². The van der Waals surface area contributed by atoms with E-state index in [4.69, 9.17) is 0 Å². The smallest absolute Gasteiger partial charge is 0.159 e. The van der Waals surface area contributed by atoms with Crippen LogP contribution in [0.1, 0.15) is 58.8 Å². The molecule has 0 saturated heterocycles. The Hall–Kier alpha value is -1.08. The molecule has 0 amide bonds. The first kappa shape index (κ1) is 24.1. The van der Waals surface area contributed by atoms with Crippen molar-refractivity contribution < 1.29 is 19.8 Å². The summed E-state index contributed by atoms with van der Waals surface area (Å²) in [5, 5.41) is 22.3. The molecule has 4 rings (SSSR count). The van der Waals surface area contributed by atoms with Gasteiger partial charge in [0.25, 0.3) is 0 Å². The standard InChI is InChI=1S/C26H42N2O4/c1-24-9-6-17(29)14-21(24)22(30)15-20-18(24)7-10-25(2)19(8-11-26(20,25)32)23(31)16-28(5)13-12-27(3)4/h15,17-19,21,29,32H,6-14,16H2,1-5H3/t17?,18?,19?,21?,24?,25?,26-/m1/s1. The van der Waals surface area contributed by atoms with Gasteiger partial charge in [-0.05, 0) is 89.1 Å². The highest BCUT2D eigenvalue weighted by Crippen LogP contribution is 2.67. The van der Waals surface area contributed by atoms with E-state index in [1.165, 1.54) is 0 Å². The van der Waals surface area contributed by atoms with Gasteiger partial charge in [0.2, 0.25) is 0 Å². The summed E-state index contributed by atoms with van der Waals surface area (Å²) in [6.45, 7) is 6.43. The lowest BCUT2D eigenvalue weighted by Crippen LogP contribution is -2.59. The molecule has 3 saturated carbocycles. The molecule has 3 fully saturated rings. The van der Waals surface area contributed by atoms with Gasteiger partial charge in [0.15, 0.2) is 11.6 Å². The molecule has 0 radical (unpaired) electrons. The number of carbonyl (C=O) groups is 2. The minimum Gasteiger partial charge on any atom is -0.393 e. The average molecular weight is 447 g/mol. The molecule has 7 atom stereocenters. The lowest BCUT2D eigenvalue weighted by atomic mass is 9.46. The van der Waals surface area contributed by atoms with Gasteiger partial charge in [-0.1, -0.05) is 13.8 Å². The molecular weight excluding hydrogens is 404 g/mol. The van der Waals surface area contributed by atoms with Crippen molar-refractivity contribution in [2.45, 2.75) is 70.5 Å². The Morgan fingerprint density at radius 1 is 1.06 bits per heavy atom. The summed E-state index contributed by atoms with van der Waals surface area (Å²) in [7, 11) is 6.05. The quantitative estimate of drug-likeness (QED) is 0.652. The van der Waals surface area contributed by atoms with Crippen molar-refractivity contribution in [3.05, 3.63) is 11.6 Å². The van der Waals surface area contributed by atoms with Gasteiger partial charge in [-0.15, -0.1) is 0 Å². The van der Waals surface area contributed by atoms with E-state index >= 15 is 0 Å². The van der Waals surface area contributed by atoms with Crippen LogP contribution in [0.2, 0.25) is 0 Å². The molecule has 180 valence electrons. The molecular formula is C26H42N2O4. The minimum absolute atomic E-state index is 0.0633. The fourth-order valence-electron chi connectivity index (χ4n) is 7.66. The highest BCUT2D eigenvalue weighted by molar-refractivity contribution is 5.95. The topological polar surface area (TPSA) is 81.1 Å². The first-order valence-corrected chi connectivity index (χ1v) is 12.4. The number of carbonyl (C=O) groups excluding carboxylic acids is 2. The SMILES string of the molecule is CN(C)CCN(C)CC(=O)C1CC[C@@]2(O)C3=CC(=O)C4CC(O)CCC4(C)C3CCC12C. The van der Waals surface area contributed by atoms with E-state index in [2.05, 4.69) is 23.6 Å². The molecule has 0 spiro atoms. The molecule has 6 heteroatoms. The van der Waals surface area contributed by atoms with Gasteiger partial charge >= 0.3 is 0 Å².